The molecule has 4 nitrogen and oxygen atoms in total. The molecule has 1 aliphatic heterocycles. The van der Waals surface area contributed by atoms with Crippen molar-refractivity contribution in [1.82, 2.24) is 4.98 Å². The van der Waals surface area contributed by atoms with Gasteiger partial charge in [0.05, 0.1) is 11.2 Å². The Bertz CT molecular complexity index is 585. The number of rotatable bonds is 2. The molecule has 100 valence electrons. The number of hydrogen-bond acceptors (Lipinski definition) is 4. The van der Waals surface area contributed by atoms with Crippen molar-refractivity contribution in [3.05, 3.63) is 30.5 Å². The second kappa shape index (κ2) is 5.05. The molecular weight excluding hydrogens is 238 g/mol. The van der Waals surface area contributed by atoms with Crippen molar-refractivity contribution in [3.8, 4) is 0 Å². The van der Waals surface area contributed by atoms with E-state index in [1.807, 2.05) is 12.1 Å². The third-order valence-electron chi connectivity index (χ3n) is 3.90. The minimum atomic E-state index is 0.266. The lowest BCUT2D eigenvalue weighted by Gasteiger charge is -2.34. The molecule has 1 aromatic heterocycles. The molecule has 3 N–H and O–H groups in total. The summed E-state index contributed by atoms with van der Waals surface area (Å²) in [7, 11) is 0. The Morgan fingerprint density at radius 1 is 1.37 bits per heavy atom. The van der Waals surface area contributed by atoms with E-state index in [9.17, 15) is 5.11 Å². The molecular formula is C15H19N3O. The molecule has 0 amide bonds. The number of nitrogen functional groups attached to an aromatic ring is 1. The number of pyridine rings is 1. The maximum Gasteiger partial charge on any atom is 0.0951 e. The number of aromatic nitrogens is 1. The fraction of sp³-hybridized carbons (Fsp3) is 0.400. The van der Waals surface area contributed by atoms with E-state index in [0.717, 1.165) is 42.5 Å². The van der Waals surface area contributed by atoms with Crippen molar-refractivity contribution >= 4 is 22.3 Å². The van der Waals surface area contributed by atoms with Gasteiger partial charge in [0.1, 0.15) is 0 Å². The van der Waals surface area contributed by atoms with Crippen LogP contribution in [0.2, 0.25) is 0 Å². The summed E-state index contributed by atoms with van der Waals surface area (Å²) in [6.45, 7) is 2.20. The molecule has 2 heterocycles. The number of anilines is 2. The highest BCUT2D eigenvalue weighted by Gasteiger charge is 2.21. The van der Waals surface area contributed by atoms with Gasteiger partial charge >= 0.3 is 0 Å². The third-order valence-corrected chi connectivity index (χ3v) is 3.90. The molecule has 1 unspecified atom stereocenters. The summed E-state index contributed by atoms with van der Waals surface area (Å²) in [5, 5.41) is 10.5. The number of piperidine rings is 1. The highest BCUT2D eigenvalue weighted by molar-refractivity contribution is 5.98. The van der Waals surface area contributed by atoms with Crippen molar-refractivity contribution in [1.29, 1.82) is 0 Å². The van der Waals surface area contributed by atoms with Crippen LogP contribution in [0.3, 0.4) is 0 Å². The van der Waals surface area contributed by atoms with Gasteiger partial charge in [0.25, 0.3) is 0 Å². The molecule has 0 spiro atoms. The largest absolute Gasteiger partial charge is 0.397 e. The fourth-order valence-corrected chi connectivity index (χ4v) is 2.89. The predicted molar refractivity (Wildman–Crippen MR) is 78.2 cm³/mol. The van der Waals surface area contributed by atoms with Gasteiger partial charge in [-0.15, -0.1) is 0 Å². The summed E-state index contributed by atoms with van der Waals surface area (Å²) in [5.74, 6) is 0.373. The molecule has 0 saturated carbocycles. The summed E-state index contributed by atoms with van der Waals surface area (Å²) in [6.07, 6.45) is 4.00. The van der Waals surface area contributed by atoms with Crippen LogP contribution in [0.4, 0.5) is 11.4 Å². The number of nitrogens with zero attached hydrogens (tertiary/aromatic N) is 2. The summed E-state index contributed by atoms with van der Waals surface area (Å²) in [4.78, 5) is 6.72. The number of benzene rings is 1. The van der Waals surface area contributed by atoms with Crippen molar-refractivity contribution in [2.45, 2.75) is 12.8 Å². The van der Waals surface area contributed by atoms with Crippen LogP contribution in [0.15, 0.2) is 30.5 Å². The van der Waals surface area contributed by atoms with E-state index < -0.39 is 0 Å². The van der Waals surface area contributed by atoms with Crippen LogP contribution in [0.5, 0.6) is 0 Å². The van der Waals surface area contributed by atoms with Gasteiger partial charge in [0, 0.05) is 37.0 Å². The molecule has 1 fully saturated rings. The lowest BCUT2D eigenvalue weighted by Crippen LogP contribution is -2.36. The smallest absolute Gasteiger partial charge is 0.0951 e. The van der Waals surface area contributed by atoms with Crippen LogP contribution >= 0.6 is 0 Å². The minimum Gasteiger partial charge on any atom is -0.397 e. The summed E-state index contributed by atoms with van der Waals surface area (Å²) in [6, 6.07) is 8.00. The van der Waals surface area contributed by atoms with Gasteiger partial charge in [-0.1, -0.05) is 0 Å². The van der Waals surface area contributed by atoms with Gasteiger partial charge in [0.15, 0.2) is 0 Å². The van der Waals surface area contributed by atoms with Gasteiger partial charge in [0.2, 0.25) is 0 Å². The molecule has 2 aromatic rings. The zero-order chi connectivity index (χ0) is 13.2. The number of hydrogen-bond donors (Lipinski definition) is 2. The third kappa shape index (κ3) is 2.24. The number of aliphatic hydroxyl groups is 1. The highest BCUT2D eigenvalue weighted by Crippen LogP contribution is 2.32. The first-order chi connectivity index (χ1) is 9.29. The van der Waals surface area contributed by atoms with Crippen LogP contribution < -0.4 is 10.6 Å². The molecule has 0 radical (unpaired) electrons. The second-order valence-corrected chi connectivity index (χ2v) is 5.21. The van der Waals surface area contributed by atoms with Gasteiger partial charge in [-0.2, -0.15) is 0 Å². The monoisotopic (exact) mass is 257 g/mol. The highest BCUT2D eigenvalue weighted by atomic mass is 16.3. The van der Waals surface area contributed by atoms with Crippen molar-refractivity contribution < 1.29 is 5.11 Å². The molecule has 0 bridgehead atoms. The van der Waals surface area contributed by atoms with Crippen LogP contribution in [-0.2, 0) is 0 Å². The Morgan fingerprint density at radius 3 is 3.11 bits per heavy atom. The van der Waals surface area contributed by atoms with Gasteiger partial charge < -0.3 is 15.7 Å². The van der Waals surface area contributed by atoms with E-state index in [0.29, 0.717) is 5.92 Å². The van der Waals surface area contributed by atoms with Crippen molar-refractivity contribution in [2.24, 2.45) is 5.92 Å². The zero-order valence-corrected chi connectivity index (χ0v) is 10.9. The van der Waals surface area contributed by atoms with Crippen LogP contribution in [-0.4, -0.2) is 29.8 Å². The average Bonchev–Trinajstić information content (AvgIpc) is 2.48. The first-order valence-electron chi connectivity index (χ1n) is 6.78. The molecule has 1 aliphatic rings. The summed E-state index contributed by atoms with van der Waals surface area (Å²) < 4.78 is 0. The number of aliphatic hydroxyl groups excluding tert-OH is 1. The maximum absolute atomic E-state index is 9.35. The maximum atomic E-state index is 9.35. The first-order valence-corrected chi connectivity index (χ1v) is 6.78. The Labute approximate surface area is 112 Å². The van der Waals surface area contributed by atoms with Gasteiger partial charge in [-0.3, -0.25) is 4.98 Å². The molecule has 1 atom stereocenters. The lowest BCUT2D eigenvalue weighted by molar-refractivity contribution is 0.209. The first kappa shape index (κ1) is 12.2. The molecule has 19 heavy (non-hydrogen) atoms. The Hall–Kier alpha value is -1.81. The topological polar surface area (TPSA) is 62.4 Å². The fourth-order valence-electron chi connectivity index (χ4n) is 2.89. The predicted octanol–water partition coefficient (Wildman–Crippen LogP) is 2.03. The van der Waals surface area contributed by atoms with E-state index in [1.54, 1.807) is 6.20 Å². The quantitative estimate of drug-likeness (QED) is 0.808. The van der Waals surface area contributed by atoms with E-state index in [1.165, 1.54) is 5.69 Å². The summed E-state index contributed by atoms with van der Waals surface area (Å²) >= 11 is 0. The van der Waals surface area contributed by atoms with Crippen LogP contribution in [0, 0.1) is 5.92 Å². The number of fused-ring (bicyclic) bond motifs is 1. The molecule has 0 aliphatic carbocycles. The Kier molecular flexibility index (Phi) is 3.25. The second-order valence-electron chi connectivity index (χ2n) is 5.21. The molecule has 3 rings (SSSR count). The van der Waals surface area contributed by atoms with Crippen molar-refractivity contribution in [2.75, 3.05) is 30.3 Å². The molecule has 1 aromatic carbocycles. The van der Waals surface area contributed by atoms with Gasteiger partial charge in [-0.25, -0.2) is 0 Å². The standard InChI is InChI=1S/C15H19N3O/c16-13-5-6-14(12-4-1-7-17-15(12)13)18-8-2-3-11(9-18)10-19/h1,4-7,11,19H,2-3,8-10,16H2. The van der Waals surface area contributed by atoms with E-state index in [2.05, 4.69) is 22.0 Å². The van der Waals surface area contributed by atoms with E-state index in [-0.39, 0.29) is 6.61 Å². The summed E-state index contributed by atoms with van der Waals surface area (Å²) in [5.41, 5.74) is 8.75. The number of nitrogens with two attached hydrogens (primary N) is 1. The van der Waals surface area contributed by atoms with Crippen molar-refractivity contribution in [3.63, 3.8) is 0 Å². The molecule has 1 saturated heterocycles. The van der Waals surface area contributed by atoms with Crippen LogP contribution in [0.25, 0.3) is 10.9 Å². The van der Waals surface area contributed by atoms with E-state index in [4.69, 9.17) is 5.73 Å². The Morgan fingerprint density at radius 2 is 2.26 bits per heavy atom. The average molecular weight is 257 g/mol. The molecule has 4 heteroatoms. The zero-order valence-electron chi connectivity index (χ0n) is 10.9. The normalized spacial score (nSPS) is 19.8. The SMILES string of the molecule is Nc1ccc(N2CCCC(CO)C2)c2cccnc12. The minimum absolute atomic E-state index is 0.266. The van der Waals surface area contributed by atoms with Gasteiger partial charge in [-0.05, 0) is 43.0 Å². The van der Waals surface area contributed by atoms with E-state index >= 15 is 0 Å². The Balaban J connectivity index is 2.03. The van der Waals surface area contributed by atoms with Crippen LogP contribution in [0.1, 0.15) is 12.8 Å². The lowest BCUT2D eigenvalue weighted by atomic mass is 9.98.